The second kappa shape index (κ2) is 4.50. The highest BCUT2D eigenvalue weighted by atomic mass is 32.2. The number of sulfone groups is 1. The molecule has 1 fully saturated rings. The maximum Gasteiger partial charge on any atom is 0.321 e. The molecule has 14 heavy (non-hydrogen) atoms. The maximum atomic E-state index is 11.1. The summed E-state index contributed by atoms with van der Waals surface area (Å²) < 4.78 is 22.1. The highest BCUT2D eigenvalue weighted by Gasteiger charge is 2.28. The molecule has 1 aliphatic heterocycles. The van der Waals surface area contributed by atoms with Gasteiger partial charge < -0.3 is 10.8 Å². The van der Waals surface area contributed by atoms with Crippen LogP contribution in [0.5, 0.6) is 0 Å². The molecule has 0 amide bonds. The molecule has 0 radical (unpaired) electrons. The van der Waals surface area contributed by atoms with E-state index in [0.717, 1.165) is 0 Å². The summed E-state index contributed by atoms with van der Waals surface area (Å²) >= 11 is 1.34. The van der Waals surface area contributed by atoms with E-state index in [1.54, 1.807) is 0 Å². The fraction of sp³-hybridized carbons (Fsp3) is 0.857. The zero-order valence-electron chi connectivity index (χ0n) is 7.55. The van der Waals surface area contributed by atoms with Crippen molar-refractivity contribution in [2.24, 2.45) is 5.73 Å². The summed E-state index contributed by atoms with van der Waals surface area (Å²) in [5, 5.41) is 8.52. The zero-order valence-corrected chi connectivity index (χ0v) is 9.18. The van der Waals surface area contributed by atoms with Gasteiger partial charge in [0.05, 0.1) is 11.5 Å². The third-order valence-corrected chi connectivity index (χ3v) is 5.42. The van der Waals surface area contributed by atoms with Crippen molar-refractivity contribution in [1.82, 2.24) is 0 Å². The summed E-state index contributed by atoms with van der Waals surface area (Å²) in [4.78, 5) is 10.4. The lowest BCUT2D eigenvalue weighted by molar-refractivity contribution is -0.137. The number of thioether (sulfide) groups is 1. The number of carboxylic acids is 1. The topological polar surface area (TPSA) is 97.5 Å². The van der Waals surface area contributed by atoms with Gasteiger partial charge in [-0.25, -0.2) is 8.42 Å². The van der Waals surface area contributed by atoms with E-state index in [4.69, 9.17) is 10.8 Å². The monoisotopic (exact) mass is 239 g/mol. The Morgan fingerprint density at radius 2 is 2.29 bits per heavy atom. The van der Waals surface area contributed by atoms with Crippen LogP contribution in [0.15, 0.2) is 0 Å². The third-order valence-electron chi connectivity index (χ3n) is 2.02. The first-order valence-electron chi connectivity index (χ1n) is 4.21. The van der Waals surface area contributed by atoms with E-state index in [-0.39, 0.29) is 22.5 Å². The Morgan fingerprint density at radius 3 is 2.71 bits per heavy atom. The van der Waals surface area contributed by atoms with Crippen molar-refractivity contribution in [3.05, 3.63) is 0 Å². The molecule has 2 unspecified atom stereocenters. The molecule has 5 nitrogen and oxygen atoms in total. The van der Waals surface area contributed by atoms with Crippen molar-refractivity contribution in [1.29, 1.82) is 0 Å². The van der Waals surface area contributed by atoms with Crippen molar-refractivity contribution in [2.45, 2.75) is 17.7 Å². The zero-order chi connectivity index (χ0) is 10.8. The molecular formula is C7H13NO4S2. The lowest BCUT2D eigenvalue weighted by Crippen LogP contribution is -2.33. The predicted molar refractivity (Wildman–Crippen MR) is 55.1 cm³/mol. The van der Waals surface area contributed by atoms with E-state index in [9.17, 15) is 13.2 Å². The summed E-state index contributed by atoms with van der Waals surface area (Å²) in [5.74, 6) is -0.398. The van der Waals surface area contributed by atoms with E-state index in [2.05, 4.69) is 0 Å². The Kier molecular flexibility index (Phi) is 3.79. The number of hydrogen-bond acceptors (Lipinski definition) is 5. The molecule has 0 aromatic rings. The number of aliphatic carboxylic acids is 1. The van der Waals surface area contributed by atoms with Crippen LogP contribution in [0.25, 0.3) is 0 Å². The highest BCUT2D eigenvalue weighted by Crippen LogP contribution is 2.24. The van der Waals surface area contributed by atoms with Crippen molar-refractivity contribution in [3.8, 4) is 0 Å². The largest absolute Gasteiger partial charge is 0.480 e. The Morgan fingerprint density at radius 1 is 1.64 bits per heavy atom. The predicted octanol–water partition coefficient (Wildman–Crippen LogP) is -0.681. The van der Waals surface area contributed by atoms with Crippen molar-refractivity contribution in [3.63, 3.8) is 0 Å². The standard InChI is InChI=1S/C7H13NO4S2/c8-6(7(9)10)3-13-5-1-2-14(11,12)4-5/h5-6H,1-4,8H2,(H,9,10). The first-order chi connectivity index (χ1) is 6.41. The molecule has 0 aliphatic carbocycles. The molecule has 1 heterocycles. The minimum atomic E-state index is -2.87. The molecule has 1 aliphatic rings. The van der Waals surface area contributed by atoms with Gasteiger partial charge in [0.15, 0.2) is 9.84 Å². The maximum absolute atomic E-state index is 11.1. The normalized spacial score (nSPS) is 27.4. The Hall–Kier alpha value is -0.270. The second-order valence-electron chi connectivity index (χ2n) is 3.30. The fourth-order valence-corrected chi connectivity index (χ4v) is 4.81. The van der Waals surface area contributed by atoms with E-state index in [1.165, 1.54) is 11.8 Å². The van der Waals surface area contributed by atoms with E-state index in [0.29, 0.717) is 6.42 Å². The molecule has 0 spiro atoms. The van der Waals surface area contributed by atoms with Crippen LogP contribution in [0.3, 0.4) is 0 Å². The molecule has 82 valence electrons. The molecule has 0 bridgehead atoms. The summed E-state index contributed by atoms with van der Waals surface area (Å²) in [6, 6.07) is -0.900. The van der Waals surface area contributed by atoms with Crippen LogP contribution in [0, 0.1) is 0 Å². The minimum absolute atomic E-state index is 0.0189. The van der Waals surface area contributed by atoms with Gasteiger partial charge in [-0.3, -0.25) is 4.79 Å². The van der Waals surface area contributed by atoms with Crippen molar-refractivity contribution in [2.75, 3.05) is 17.3 Å². The first-order valence-corrected chi connectivity index (χ1v) is 7.08. The number of carbonyl (C=O) groups is 1. The molecular weight excluding hydrogens is 226 g/mol. The van der Waals surface area contributed by atoms with E-state index < -0.39 is 21.8 Å². The van der Waals surface area contributed by atoms with Crippen LogP contribution in [0.1, 0.15) is 6.42 Å². The average molecular weight is 239 g/mol. The number of rotatable bonds is 4. The van der Waals surface area contributed by atoms with Gasteiger partial charge in [0, 0.05) is 11.0 Å². The molecule has 3 N–H and O–H groups in total. The van der Waals surface area contributed by atoms with Gasteiger partial charge in [0.25, 0.3) is 0 Å². The quantitative estimate of drug-likeness (QED) is 0.674. The van der Waals surface area contributed by atoms with Gasteiger partial charge in [0.2, 0.25) is 0 Å². The lowest BCUT2D eigenvalue weighted by Gasteiger charge is -2.09. The van der Waals surface area contributed by atoms with Gasteiger partial charge in [-0.1, -0.05) is 0 Å². The van der Waals surface area contributed by atoms with Gasteiger partial charge >= 0.3 is 5.97 Å². The SMILES string of the molecule is NC(CSC1CCS(=O)(=O)C1)C(=O)O. The number of hydrogen-bond donors (Lipinski definition) is 2. The molecule has 7 heteroatoms. The van der Waals surface area contributed by atoms with Gasteiger partial charge in [-0.05, 0) is 6.42 Å². The van der Waals surface area contributed by atoms with E-state index >= 15 is 0 Å². The van der Waals surface area contributed by atoms with E-state index in [1.807, 2.05) is 0 Å². The lowest BCUT2D eigenvalue weighted by atomic mass is 10.4. The van der Waals surface area contributed by atoms with Gasteiger partial charge in [-0.2, -0.15) is 11.8 Å². The summed E-state index contributed by atoms with van der Waals surface area (Å²) in [6.07, 6.45) is 0.610. The van der Waals surface area contributed by atoms with Gasteiger partial charge in [0.1, 0.15) is 6.04 Å². The van der Waals surface area contributed by atoms with Crippen molar-refractivity contribution < 1.29 is 18.3 Å². The third kappa shape index (κ3) is 3.47. The summed E-state index contributed by atoms with van der Waals surface area (Å²) in [7, 11) is -2.87. The summed E-state index contributed by atoms with van der Waals surface area (Å²) in [5.41, 5.74) is 5.29. The summed E-state index contributed by atoms with van der Waals surface area (Å²) in [6.45, 7) is 0. The average Bonchev–Trinajstić information content (AvgIpc) is 2.41. The van der Waals surface area contributed by atoms with Crippen LogP contribution < -0.4 is 5.73 Å². The molecule has 2 atom stereocenters. The van der Waals surface area contributed by atoms with Crippen LogP contribution in [0.4, 0.5) is 0 Å². The highest BCUT2D eigenvalue weighted by molar-refractivity contribution is 8.01. The second-order valence-corrected chi connectivity index (χ2v) is 6.87. The Bertz CT molecular complexity index is 314. The Balaban J connectivity index is 2.31. The smallest absolute Gasteiger partial charge is 0.321 e. The molecule has 1 rings (SSSR count). The number of carboxylic acid groups (broad SMARTS) is 1. The van der Waals surface area contributed by atoms with Gasteiger partial charge in [-0.15, -0.1) is 0 Å². The van der Waals surface area contributed by atoms with Crippen LogP contribution in [-0.4, -0.2) is 48.0 Å². The minimum Gasteiger partial charge on any atom is -0.480 e. The molecule has 0 saturated carbocycles. The molecule has 0 aromatic heterocycles. The Labute approximate surface area is 87.0 Å². The van der Waals surface area contributed by atoms with Crippen molar-refractivity contribution >= 4 is 27.6 Å². The molecule has 1 saturated heterocycles. The number of nitrogens with two attached hydrogens (primary N) is 1. The first kappa shape index (κ1) is 11.8. The van der Waals surface area contributed by atoms with Crippen LogP contribution >= 0.6 is 11.8 Å². The van der Waals surface area contributed by atoms with Crippen LogP contribution in [0.2, 0.25) is 0 Å². The van der Waals surface area contributed by atoms with Crippen LogP contribution in [-0.2, 0) is 14.6 Å². The molecule has 0 aromatic carbocycles. The fourth-order valence-electron chi connectivity index (χ4n) is 1.20.